The quantitative estimate of drug-likeness (QED) is 0.461. The maximum Gasteiger partial charge on any atom is 0.259 e. The summed E-state index contributed by atoms with van der Waals surface area (Å²) in [4.78, 5) is 38.6. The summed E-state index contributed by atoms with van der Waals surface area (Å²) < 4.78 is 21.2. The number of hydrogen-bond acceptors (Lipinski definition) is 5. The smallest absolute Gasteiger partial charge is 0.259 e. The van der Waals surface area contributed by atoms with E-state index < -0.39 is 11.6 Å². The van der Waals surface area contributed by atoms with Crippen LogP contribution in [0.4, 0.5) is 4.39 Å². The molecule has 0 N–H and O–H groups in total. The number of halogens is 1. The van der Waals surface area contributed by atoms with Crippen LogP contribution in [-0.4, -0.2) is 56.3 Å². The number of amides is 2. The Morgan fingerprint density at radius 1 is 1.13 bits per heavy atom. The fraction of sp³-hybridized carbons (Fsp3) is 0.310. The summed E-state index contributed by atoms with van der Waals surface area (Å²) in [6.45, 7) is 8.13. The molecular formula is C29H30FN5O3. The van der Waals surface area contributed by atoms with E-state index in [0.717, 1.165) is 22.5 Å². The van der Waals surface area contributed by atoms with E-state index in [1.54, 1.807) is 30.5 Å². The van der Waals surface area contributed by atoms with Crippen molar-refractivity contribution in [3.8, 4) is 11.4 Å². The van der Waals surface area contributed by atoms with Crippen molar-refractivity contribution in [2.75, 3.05) is 13.7 Å². The summed E-state index contributed by atoms with van der Waals surface area (Å²) in [7, 11) is 1.61. The molecule has 1 unspecified atom stereocenters. The van der Waals surface area contributed by atoms with Crippen LogP contribution in [0.2, 0.25) is 0 Å². The van der Waals surface area contributed by atoms with E-state index in [0.29, 0.717) is 23.8 Å². The number of methoxy groups -OCH3 is 1. The first-order chi connectivity index (χ1) is 18.1. The normalized spacial score (nSPS) is 18.9. The molecule has 38 heavy (non-hydrogen) atoms. The zero-order valence-electron chi connectivity index (χ0n) is 22.1. The minimum absolute atomic E-state index is 0.259. The SMILES string of the molecule is COc1cc(C=C2C(=O)N(C(C)c3ccc(F)cc3)C3=NC(=O)CCN3C2(C)C)ccc1-n1cnc(C)c1. The molecule has 0 aliphatic carbocycles. The van der Waals surface area contributed by atoms with Gasteiger partial charge in [-0.15, -0.1) is 0 Å². The number of aliphatic imine (C=N–C) groups is 1. The lowest BCUT2D eigenvalue weighted by molar-refractivity contribution is -0.129. The van der Waals surface area contributed by atoms with E-state index in [1.165, 1.54) is 12.1 Å². The van der Waals surface area contributed by atoms with Crippen molar-refractivity contribution in [2.24, 2.45) is 4.99 Å². The lowest BCUT2D eigenvalue weighted by Crippen LogP contribution is -2.65. The van der Waals surface area contributed by atoms with Gasteiger partial charge in [0, 0.05) is 24.7 Å². The van der Waals surface area contributed by atoms with Gasteiger partial charge in [-0.3, -0.25) is 14.5 Å². The molecule has 2 aromatic carbocycles. The summed E-state index contributed by atoms with van der Waals surface area (Å²) in [5.74, 6) is 0.0833. The minimum Gasteiger partial charge on any atom is -0.495 e. The summed E-state index contributed by atoms with van der Waals surface area (Å²) in [5.41, 5.74) is 3.07. The van der Waals surface area contributed by atoms with E-state index in [2.05, 4.69) is 9.98 Å². The zero-order chi connectivity index (χ0) is 27.2. The Kier molecular flexibility index (Phi) is 6.38. The van der Waals surface area contributed by atoms with Crippen molar-refractivity contribution in [2.45, 2.75) is 45.7 Å². The van der Waals surface area contributed by atoms with Crippen LogP contribution in [0.3, 0.4) is 0 Å². The number of aryl methyl sites for hydroxylation is 1. The first-order valence-corrected chi connectivity index (χ1v) is 12.5. The lowest BCUT2D eigenvalue weighted by Gasteiger charge is -2.52. The number of carbonyl (C=O) groups excluding carboxylic acids is 2. The molecule has 1 atom stereocenters. The Morgan fingerprint density at radius 3 is 2.53 bits per heavy atom. The average Bonchev–Trinajstić information content (AvgIpc) is 3.32. The lowest BCUT2D eigenvalue weighted by atomic mass is 9.85. The van der Waals surface area contributed by atoms with Crippen LogP contribution in [0.25, 0.3) is 11.8 Å². The van der Waals surface area contributed by atoms with Gasteiger partial charge in [-0.05, 0) is 69.2 Å². The molecule has 0 saturated carbocycles. The molecule has 2 aliphatic heterocycles. The number of imidazole rings is 1. The third kappa shape index (κ3) is 4.38. The molecule has 3 heterocycles. The molecule has 3 aromatic rings. The van der Waals surface area contributed by atoms with Gasteiger partial charge in [0.1, 0.15) is 11.6 Å². The molecule has 1 saturated heterocycles. The molecule has 1 aromatic heterocycles. The largest absolute Gasteiger partial charge is 0.495 e. The van der Waals surface area contributed by atoms with E-state index in [9.17, 15) is 14.0 Å². The summed E-state index contributed by atoms with van der Waals surface area (Å²) in [5, 5.41) is 0. The molecule has 0 bridgehead atoms. The molecular weight excluding hydrogens is 485 g/mol. The summed E-state index contributed by atoms with van der Waals surface area (Å²) >= 11 is 0. The van der Waals surface area contributed by atoms with Gasteiger partial charge >= 0.3 is 0 Å². The number of carbonyl (C=O) groups is 2. The number of hydrogen-bond donors (Lipinski definition) is 0. The number of rotatable bonds is 5. The van der Waals surface area contributed by atoms with E-state index in [1.807, 2.05) is 67.6 Å². The van der Waals surface area contributed by atoms with Crippen molar-refractivity contribution in [1.82, 2.24) is 19.4 Å². The van der Waals surface area contributed by atoms with Crippen molar-refractivity contribution < 1.29 is 18.7 Å². The Bertz CT molecular complexity index is 1470. The van der Waals surface area contributed by atoms with Gasteiger partial charge in [-0.25, -0.2) is 9.37 Å². The second-order valence-electron chi connectivity index (χ2n) is 10.1. The molecule has 5 rings (SSSR count). The maximum atomic E-state index is 14.2. The molecule has 1 fully saturated rings. The molecule has 2 amide bonds. The molecule has 0 spiro atoms. The van der Waals surface area contributed by atoms with Gasteiger partial charge in [0.25, 0.3) is 11.8 Å². The van der Waals surface area contributed by atoms with Gasteiger partial charge in [-0.2, -0.15) is 4.99 Å². The average molecular weight is 516 g/mol. The molecule has 196 valence electrons. The van der Waals surface area contributed by atoms with Crippen LogP contribution in [0.1, 0.15) is 50.1 Å². The second kappa shape index (κ2) is 9.55. The van der Waals surface area contributed by atoms with Crippen LogP contribution in [0.5, 0.6) is 5.75 Å². The second-order valence-corrected chi connectivity index (χ2v) is 10.1. The number of nitrogens with zero attached hydrogens (tertiary/aromatic N) is 5. The third-order valence-corrected chi connectivity index (χ3v) is 7.26. The topological polar surface area (TPSA) is 80.0 Å². The summed E-state index contributed by atoms with van der Waals surface area (Å²) in [6, 6.07) is 11.3. The molecule has 9 heteroatoms. The van der Waals surface area contributed by atoms with Crippen molar-refractivity contribution in [1.29, 1.82) is 0 Å². The molecule has 2 aliphatic rings. The number of benzene rings is 2. The fourth-order valence-corrected chi connectivity index (χ4v) is 5.07. The van der Waals surface area contributed by atoms with Gasteiger partial charge in [-0.1, -0.05) is 18.2 Å². The first-order valence-electron chi connectivity index (χ1n) is 12.5. The monoisotopic (exact) mass is 515 g/mol. The van der Waals surface area contributed by atoms with E-state index in [4.69, 9.17) is 4.74 Å². The number of aromatic nitrogens is 2. The highest BCUT2D eigenvalue weighted by atomic mass is 19.1. The van der Waals surface area contributed by atoms with Crippen molar-refractivity contribution in [3.63, 3.8) is 0 Å². The van der Waals surface area contributed by atoms with E-state index in [-0.39, 0.29) is 24.1 Å². The molecule has 0 radical (unpaired) electrons. The Labute approximate surface area is 221 Å². The van der Waals surface area contributed by atoms with Gasteiger partial charge in [0.2, 0.25) is 5.96 Å². The maximum absolute atomic E-state index is 14.2. The zero-order valence-corrected chi connectivity index (χ0v) is 22.1. The van der Waals surface area contributed by atoms with Gasteiger partial charge in [0.05, 0.1) is 36.4 Å². The van der Waals surface area contributed by atoms with E-state index >= 15 is 0 Å². The Balaban J connectivity index is 1.60. The minimum atomic E-state index is -0.733. The predicted octanol–water partition coefficient (Wildman–Crippen LogP) is 4.68. The standard InChI is InChI=1S/C29H30FN5O3/c1-18-16-33(17-31-18)24-11-6-20(15-25(24)38-5)14-23-27(37)35(19(2)21-7-9-22(30)10-8-21)28-32-26(36)12-13-34(28)29(23,3)4/h6-11,14-17,19H,12-13H2,1-5H3. The van der Waals surface area contributed by atoms with Crippen molar-refractivity contribution in [3.05, 3.63) is 83.2 Å². The van der Waals surface area contributed by atoms with Crippen LogP contribution < -0.4 is 4.74 Å². The van der Waals surface area contributed by atoms with Gasteiger partial charge in [0.15, 0.2) is 0 Å². The molecule has 8 nitrogen and oxygen atoms in total. The van der Waals surface area contributed by atoms with Crippen LogP contribution in [-0.2, 0) is 9.59 Å². The number of ether oxygens (including phenoxy) is 1. The van der Waals surface area contributed by atoms with Gasteiger partial charge < -0.3 is 14.2 Å². The van der Waals surface area contributed by atoms with Crippen LogP contribution >= 0.6 is 0 Å². The Morgan fingerprint density at radius 2 is 1.87 bits per heavy atom. The van der Waals surface area contributed by atoms with Crippen molar-refractivity contribution >= 4 is 23.8 Å². The fourth-order valence-electron chi connectivity index (χ4n) is 5.07. The predicted molar refractivity (Wildman–Crippen MR) is 142 cm³/mol. The first kappa shape index (κ1) is 25.4. The van der Waals surface area contributed by atoms with Crippen LogP contribution in [0.15, 0.2) is 65.6 Å². The highest BCUT2D eigenvalue weighted by Crippen LogP contribution is 2.39. The Hall–Kier alpha value is -4.27. The third-order valence-electron chi connectivity index (χ3n) is 7.26. The number of guanidine groups is 1. The van der Waals surface area contributed by atoms with Crippen LogP contribution in [0, 0.1) is 12.7 Å². The highest BCUT2D eigenvalue weighted by Gasteiger charge is 2.49. The highest BCUT2D eigenvalue weighted by molar-refractivity contribution is 6.15. The summed E-state index contributed by atoms with van der Waals surface area (Å²) in [6.07, 6.45) is 5.77. The number of fused-ring (bicyclic) bond motifs is 1.